The molecule has 0 aromatic heterocycles. The monoisotopic (exact) mass is 314 g/mol. The summed E-state index contributed by atoms with van der Waals surface area (Å²) in [5.74, 6) is 0. The fraction of sp³-hybridized carbons (Fsp3) is 1.00. The average molecular weight is 315 g/mol. The van der Waals surface area contributed by atoms with Gasteiger partial charge in [0.1, 0.15) is 0 Å². The molecular formula is C19H42OSi. The van der Waals surface area contributed by atoms with Gasteiger partial charge in [0.25, 0.3) is 0 Å². The lowest BCUT2D eigenvalue weighted by molar-refractivity contribution is 0.184. The first-order chi connectivity index (χ1) is 10.3. The lowest BCUT2D eigenvalue weighted by Gasteiger charge is -2.17. The van der Waals surface area contributed by atoms with Crippen molar-refractivity contribution >= 4 is 9.76 Å². The van der Waals surface area contributed by atoms with E-state index in [9.17, 15) is 0 Å². The molecule has 2 heteroatoms. The minimum Gasteiger partial charge on any atom is -0.421 e. The van der Waals surface area contributed by atoms with Crippen molar-refractivity contribution < 1.29 is 4.43 Å². The van der Waals surface area contributed by atoms with E-state index in [0.29, 0.717) is 6.10 Å². The van der Waals surface area contributed by atoms with Crippen molar-refractivity contribution in [2.24, 2.45) is 0 Å². The number of unbranched alkanes of at least 4 members (excludes halogenated alkanes) is 9. The van der Waals surface area contributed by atoms with Crippen LogP contribution in [-0.2, 0) is 4.43 Å². The van der Waals surface area contributed by atoms with E-state index in [-0.39, 0.29) is 9.76 Å². The highest BCUT2D eigenvalue weighted by molar-refractivity contribution is 6.27. The third-order valence-corrected chi connectivity index (χ3v) is 5.84. The van der Waals surface area contributed by atoms with E-state index in [1.165, 1.54) is 95.9 Å². The molecule has 0 saturated heterocycles. The molecule has 0 aromatic rings. The van der Waals surface area contributed by atoms with Gasteiger partial charge in [-0.15, -0.1) is 0 Å². The maximum Gasteiger partial charge on any atom is 0.161 e. The molecule has 1 atom stereocenters. The van der Waals surface area contributed by atoms with Crippen LogP contribution >= 0.6 is 0 Å². The van der Waals surface area contributed by atoms with Crippen LogP contribution in [0.4, 0.5) is 0 Å². The molecule has 0 aliphatic heterocycles. The normalized spacial score (nSPS) is 13.3. The van der Waals surface area contributed by atoms with E-state index < -0.39 is 0 Å². The largest absolute Gasteiger partial charge is 0.421 e. The molecule has 0 heterocycles. The first-order valence-corrected chi connectivity index (χ1v) is 11.5. The van der Waals surface area contributed by atoms with Gasteiger partial charge in [-0.2, -0.15) is 0 Å². The lowest BCUT2D eigenvalue weighted by Crippen LogP contribution is -2.15. The molecule has 0 aromatic carbocycles. The van der Waals surface area contributed by atoms with Gasteiger partial charge in [-0.1, -0.05) is 97.8 Å². The molecule has 0 saturated carbocycles. The van der Waals surface area contributed by atoms with Gasteiger partial charge in [-0.3, -0.25) is 0 Å². The van der Waals surface area contributed by atoms with Crippen molar-refractivity contribution in [2.75, 3.05) is 0 Å². The Hall–Kier alpha value is 0.177. The van der Waals surface area contributed by atoms with Crippen LogP contribution in [0.15, 0.2) is 0 Å². The number of rotatable bonds is 17. The molecule has 0 fully saturated rings. The Kier molecular flexibility index (Phi) is 18.4. The van der Waals surface area contributed by atoms with E-state index in [2.05, 4.69) is 20.8 Å². The van der Waals surface area contributed by atoms with E-state index in [4.69, 9.17) is 4.43 Å². The summed E-state index contributed by atoms with van der Waals surface area (Å²) in [7, 11) is -0.238. The molecule has 0 bridgehead atoms. The summed E-state index contributed by atoms with van der Waals surface area (Å²) in [4.78, 5) is 0. The first-order valence-electron chi connectivity index (χ1n) is 9.96. The van der Waals surface area contributed by atoms with E-state index in [1.54, 1.807) is 0 Å². The lowest BCUT2D eigenvalue weighted by atomic mass is 10.1. The Morgan fingerprint density at radius 2 is 1.19 bits per heavy atom. The molecule has 21 heavy (non-hydrogen) atoms. The standard InChI is InChI=1S/C19H42OSi/c1-4-7-9-10-11-12-13-15-18-21-20-19(16-6-3)17-14-8-5-2/h19H,4-18,21H2,1-3H3. The topological polar surface area (TPSA) is 9.23 Å². The summed E-state index contributed by atoms with van der Waals surface area (Å²) in [5.41, 5.74) is 0. The molecule has 1 unspecified atom stereocenters. The molecule has 0 radical (unpaired) electrons. The summed E-state index contributed by atoms with van der Waals surface area (Å²) in [6, 6.07) is 1.41. The highest BCUT2D eigenvalue weighted by Gasteiger charge is 2.07. The molecule has 0 spiro atoms. The molecule has 128 valence electrons. The zero-order valence-corrected chi connectivity index (χ0v) is 16.7. The summed E-state index contributed by atoms with van der Waals surface area (Å²) < 4.78 is 6.23. The van der Waals surface area contributed by atoms with Gasteiger partial charge < -0.3 is 4.43 Å². The molecule has 0 aliphatic carbocycles. The van der Waals surface area contributed by atoms with Crippen LogP contribution in [0.3, 0.4) is 0 Å². The Morgan fingerprint density at radius 1 is 0.619 bits per heavy atom. The maximum atomic E-state index is 6.23. The van der Waals surface area contributed by atoms with Gasteiger partial charge in [0.2, 0.25) is 0 Å². The van der Waals surface area contributed by atoms with Gasteiger partial charge >= 0.3 is 0 Å². The molecule has 0 amide bonds. The van der Waals surface area contributed by atoms with Crippen LogP contribution in [0, 0.1) is 0 Å². The minimum absolute atomic E-state index is 0.238. The minimum atomic E-state index is -0.238. The van der Waals surface area contributed by atoms with Crippen LogP contribution in [0.2, 0.25) is 6.04 Å². The van der Waals surface area contributed by atoms with Gasteiger partial charge in [0, 0.05) is 6.10 Å². The molecule has 0 N–H and O–H groups in total. The second-order valence-electron chi connectivity index (χ2n) is 6.61. The Morgan fingerprint density at radius 3 is 1.81 bits per heavy atom. The first kappa shape index (κ1) is 21.2. The third kappa shape index (κ3) is 16.4. The Balaban J connectivity index is 3.32. The average Bonchev–Trinajstić information content (AvgIpc) is 2.49. The van der Waals surface area contributed by atoms with Crippen LogP contribution in [0.5, 0.6) is 0 Å². The molecular weight excluding hydrogens is 272 g/mol. The number of hydrogen-bond acceptors (Lipinski definition) is 1. The van der Waals surface area contributed by atoms with Crippen molar-refractivity contribution in [2.45, 2.75) is 123 Å². The van der Waals surface area contributed by atoms with Crippen molar-refractivity contribution in [3.8, 4) is 0 Å². The maximum absolute atomic E-state index is 6.23. The molecule has 0 aliphatic rings. The highest BCUT2D eigenvalue weighted by atomic mass is 28.2. The van der Waals surface area contributed by atoms with Crippen molar-refractivity contribution in [3.63, 3.8) is 0 Å². The van der Waals surface area contributed by atoms with E-state index in [1.807, 2.05) is 0 Å². The van der Waals surface area contributed by atoms with Gasteiger partial charge in [0.15, 0.2) is 9.76 Å². The Labute approximate surface area is 137 Å². The van der Waals surface area contributed by atoms with Gasteiger partial charge in [-0.05, 0) is 18.9 Å². The SMILES string of the molecule is CCCCCCCCCC[SiH2]OC(CCC)CCCCC. The predicted molar refractivity (Wildman–Crippen MR) is 99.9 cm³/mol. The van der Waals surface area contributed by atoms with Crippen molar-refractivity contribution in [1.82, 2.24) is 0 Å². The Bertz CT molecular complexity index is 184. The summed E-state index contributed by atoms with van der Waals surface area (Å²) in [6.45, 7) is 6.86. The van der Waals surface area contributed by atoms with Crippen LogP contribution in [0.25, 0.3) is 0 Å². The quantitative estimate of drug-likeness (QED) is 0.223. The van der Waals surface area contributed by atoms with Crippen molar-refractivity contribution in [1.29, 1.82) is 0 Å². The summed E-state index contributed by atoms with van der Waals surface area (Å²) in [5, 5.41) is 0. The summed E-state index contributed by atoms with van der Waals surface area (Å²) >= 11 is 0. The van der Waals surface area contributed by atoms with E-state index >= 15 is 0 Å². The number of hydrogen-bond donors (Lipinski definition) is 0. The molecule has 0 rings (SSSR count). The van der Waals surface area contributed by atoms with Crippen LogP contribution in [0.1, 0.15) is 111 Å². The van der Waals surface area contributed by atoms with E-state index in [0.717, 1.165) is 0 Å². The zero-order chi connectivity index (χ0) is 15.6. The second kappa shape index (κ2) is 18.2. The van der Waals surface area contributed by atoms with Crippen LogP contribution in [-0.4, -0.2) is 15.9 Å². The predicted octanol–water partition coefficient (Wildman–Crippen LogP) is 6.39. The molecule has 1 nitrogen and oxygen atoms in total. The fourth-order valence-electron chi connectivity index (χ4n) is 2.92. The zero-order valence-electron chi connectivity index (χ0n) is 15.3. The van der Waals surface area contributed by atoms with Gasteiger partial charge in [0.05, 0.1) is 0 Å². The smallest absolute Gasteiger partial charge is 0.161 e. The third-order valence-electron chi connectivity index (χ3n) is 4.34. The van der Waals surface area contributed by atoms with Crippen LogP contribution < -0.4 is 0 Å². The summed E-state index contributed by atoms with van der Waals surface area (Å²) in [6.07, 6.45) is 20.0. The van der Waals surface area contributed by atoms with Gasteiger partial charge in [-0.25, -0.2) is 0 Å². The fourth-order valence-corrected chi connectivity index (χ4v) is 4.31. The van der Waals surface area contributed by atoms with Crippen molar-refractivity contribution in [3.05, 3.63) is 0 Å². The second-order valence-corrected chi connectivity index (χ2v) is 8.05. The highest BCUT2D eigenvalue weighted by Crippen LogP contribution is 2.13.